The van der Waals surface area contributed by atoms with E-state index in [2.05, 4.69) is 15.6 Å². The average Bonchev–Trinajstić information content (AvgIpc) is 2.77. The number of benzene rings is 1. The van der Waals surface area contributed by atoms with E-state index in [1.54, 1.807) is 12.1 Å². The highest BCUT2D eigenvalue weighted by Crippen LogP contribution is 2.21. The predicted octanol–water partition coefficient (Wildman–Crippen LogP) is 2.40. The second-order valence-electron chi connectivity index (χ2n) is 5.01. The fourth-order valence-corrected chi connectivity index (χ4v) is 2.54. The van der Waals surface area contributed by atoms with Gasteiger partial charge in [0, 0.05) is 30.3 Å². The number of hydrogen-bond acceptors (Lipinski definition) is 5. The molecule has 0 spiro atoms. The first kappa shape index (κ1) is 16.0. The highest BCUT2D eigenvalue weighted by atomic mass is 32.1. The van der Waals surface area contributed by atoms with Crippen LogP contribution in [0.1, 0.15) is 10.6 Å². The molecule has 0 aliphatic heterocycles. The molecule has 2 aromatic rings. The molecule has 116 valence electrons. The van der Waals surface area contributed by atoms with E-state index in [1.807, 2.05) is 45.0 Å². The molecular weight excluding hydrogens is 300 g/mol. The molecule has 1 heterocycles. The van der Waals surface area contributed by atoms with Crippen molar-refractivity contribution < 1.29 is 9.59 Å². The van der Waals surface area contributed by atoms with E-state index in [-0.39, 0.29) is 0 Å². The minimum atomic E-state index is -0.732. The van der Waals surface area contributed by atoms with Gasteiger partial charge in [-0.3, -0.25) is 14.9 Å². The van der Waals surface area contributed by atoms with Crippen molar-refractivity contribution in [2.24, 2.45) is 0 Å². The molecule has 7 heteroatoms. The summed E-state index contributed by atoms with van der Waals surface area (Å²) in [5, 5.41) is 5.51. The van der Waals surface area contributed by atoms with E-state index in [1.165, 1.54) is 11.3 Å². The summed E-state index contributed by atoms with van der Waals surface area (Å²) < 4.78 is 0. The van der Waals surface area contributed by atoms with Gasteiger partial charge in [-0.1, -0.05) is 6.07 Å². The molecule has 22 heavy (non-hydrogen) atoms. The van der Waals surface area contributed by atoms with E-state index >= 15 is 0 Å². The SMILES string of the molecule is Cc1nc(NC(=O)C(=O)Nc2cccc(N(C)C)c2)sc1C. The smallest absolute Gasteiger partial charge is 0.315 e. The van der Waals surface area contributed by atoms with Crippen LogP contribution >= 0.6 is 11.3 Å². The fourth-order valence-electron chi connectivity index (χ4n) is 1.73. The quantitative estimate of drug-likeness (QED) is 0.852. The second kappa shape index (κ2) is 6.57. The third kappa shape index (κ3) is 3.82. The number of carbonyl (C=O) groups is 2. The van der Waals surface area contributed by atoms with Gasteiger partial charge in [0.05, 0.1) is 5.69 Å². The van der Waals surface area contributed by atoms with Gasteiger partial charge in [0.1, 0.15) is 0 Å². The van der Waals surface area contributed by atoms with Crippen LogP contribution in [0.15, 0.2) is 24.3 Å². The molecule has 0 saturated carbocycles. The van der Waals surface area contributed by atoms with Gasteiger partial charge in [-0.2, -0.15) is 0 Å². The summed E-state index contributed by atoms with van der Waals surface area (Å²) in [7, 11) is 3.81. The number of nitrogens with one attached hydrogen (secondary N) is 2. The molecule has 0 fully saturated rings. The van der Waals surface area contributed by atoms with Gasteiger partial charge >= 0.3 is 11.8 Å². The van der Waals surface area contributed by atoms with E-state index in [0.29, 0.717) is 10.8 Å². The van der Waals surface area contributed by atoms with Crippen LogP contribution in [0.5, 0.6) is 0 Å². The maximum Gasteiger partial charge on any atom is 0.315 e. The van der Waals surface area contributed by atoms with Crippen molar-refractivity contribution in [1.29, 1.82) is 0 Å². The van der Waals surface area contributed by atoms with Crippen LogP contribution < -0.4 is 15.5 Å². The van der Waals surface area contributed by atoms with Crippen molar-refractivity contribution in [3.8, 4) is 0 Å². The lowest BCUT2D eigenvalue weighted by Gasteiger charge is -2.13. The predicted molar refractivity (Wildman–Crippen MR) is 89.6 cm³/mol. The summed E-state index contributed by atoms with van der Waals surface area (Å²) in [4.78, 5) is 30.9. The van der Waals surface area contributed by atoms with Crippen LogP contribution in [-0.2, 0) is 9.59 Å². The Labute approximate surface area is 133 Å². The molecule has 2 amide bonds. The van der Waals surface area contributed by atoms with E-state index in [4.69, 9.17) is 0 Å². The Morgan fingerprint density at radius 1 is 1.14 bits per heavy atom. The normalized spacial score (nSPS) is 10.2. The zero-order valence-electron chi connectivity index (χ0n) is 12.9. The van der Waals surface area contributed by atoms with Gasteiger partial charge in [-0.15, -0.1) is 11.3 Å². The first-order valence-corrected chi connectivity index (χ1v) is 7.52. The Balaban J connectivity index is 2.02. The number of rotatable bonds is 3. The molecule has 0 aliphatic rings. The maximum atomic E-state index is 11.9. The summed E-state index contributed by atoms with van der Waals surface area (Å²) >= 11 is 1.34. The Morgan fingerprint density at radius 2 is 1.82 bits per heavy atom. The number of nitrogens with zero attached hydrogens (tertiary/aromatic N) is 2. The molecule has 0 radical (unpaired) electrons. The highest BCUT2D eigenvalue weighted by Gasteiger charge is 2.16. The maximum absolute atomic E-state index is 11.9. The molecule has 0 bridgehead atoms. The van der Waals surface area contributed by atoms with Gasteiger partial charge in [-0.25, -0.2) is 4.98 Å². The number of aromatic nitrogens is 1. The van der Waals surface area contributed by atoms with Crippen LogP contribution in [0.3, 0.4) is 0 Å². The van der Waals surface area contributed by atoms with Crippen LogP contribution in [0, 0.1) is 13.8 Å². The molecule has 2 rings (SSSR count). The van der Waals surface area contributed by atoms with Gasteiger partial charge in [0.2, 0.25) is 0 Å². The van der Waals surface area contributed by atoms with Crippen molar-refractivity contribution in [1.82, 2.24) is 4.98 Å². The summed E-state index contributed by atoms with van der Waals surface area (Å²) in [6.07, 6.45) is 0. The van der Waals surface area contributed by atoms with Crippen LogP contribution in [-0.4, -0.2) is 30.9 Å². The van der Waals surface area contributed by atoms with Gasteiger partial charge in [0.15, 0.2) is 5.13 Å². The fraction of sp³-hybridized carbons (Fsp3) is 0.267. The topological polar surface area (TPSA) is 74.3 Å². The number of carbonyl (C=O) groups excluding carboxylic acids is 2. The summed E-state index contributed by atoms with van der Waals surface area (Å²) in [6.45, 7) is 3.77. The molecule has 0 aliphatic carbocycles. The third-order valence-corrected chi connectivity index (χ3v) is 4.06. The van der Waals surface area contributed by atoms with Crippen molar-refractivity contribution in [2.45, 2.75) is 13.8 Å². The number of thiazole rings is 1. The van der Waals surface area contributed by atoms with E-state index in [9.17, 15) is 9.59 Å². The van der Waals surface area contributed by atoms with E-state index < -0.39 is 11.8 Å². The van der Waals surface area contributed by atoms with Crippen molar-refractivity contribution in [2.75, 3.05) is 29.6 Å². The largest absolute Gasteiger partial charge is 0.378 e. The molecule has 1 aromatic heterocycles. The average molecular weight is 318 g/mol. The van der Waals surface area contributed by atoms with Gasteiger partial charge < -0.3 is 10.2 Å². The molecule has 2 N–H and O–H groups in total. The molecule has 0 unspecified atom stereocenters. The standard InChI is InChI=1S/C15H18N4O2S/c1-9-10(2)22-15(16-9)18-14(21)13(20)17-11-6-5-7-12(8-11)19(3)4/h5-8H,1-4H3,(H,17,20)(H,16,18,21). The molecule has 0 saturated heterocycles. The first-order valence-electron chi connectivity index (χ1n) is 6.70. The third-order valence-electron chi connectivity index (χ3n) is 3.08. The Kier molecular flexibility index (Phi) is 4.77. The van der Waals surface area contributed by atoms with Gasteiger partial charge in [0.25, 0.3) is 0 Å². The molecule has 0 atom stereocenters. The van der Waals surface area contributed by atoms with Crippen molar-refractivity contribution >= 4 is 39.7 Å². The van der Waals surface area contributed by atoms with Crippen molar-refractivity contribution in [3.63, 3.8) is 0 Å². The van der Waals surface area contributed by atoms with Gasteiger partial charge in [-0.05, 0) is 32.0 Å². The van der Waals surface area contributed by atoms with Crippen molar-refractivity contribution in [3.05, 3.63) is 34.8 Å². The van der Waals surface area contributed by atoms with Crippen LogP contribution in [0.2, 0.25) is 0 Å². The minimum absolute atomic E-state index is 0.428. The molecule has 6 nitrogen and oxygen atoms in total. The summed E-state index contributed by atoms with van der Waals surface area (Å²) in [6, 6.07) is 7.26. The zero-order valence-corrected chi connectivity index (χ0v) is 13.7. The number of amides is 2. The summed E-state index contributed by atoms with van der Waals surface area (Å²) in [5.41, 5.74) is 2.35. The van der Waals surface area contributed by atoms with E-state index in [0.717, 1.165) is 16.3 Å². The number of hydrogen-bond donors (Lipinski definition) is 2. The number of aryl methyl sites for hydroxylation is 2. The Hall–Kier alpha value is -2.41. The first-order chi connectivity index (χ1) is 10.4. The Morgan fingerprint density at radius 3 is 2.41 bits per heavy atom. The summed E-state index contributed by atoms with van der Waals surface area (Å²) in [5.74, 6) is -1.45. The lowest BCUT2D eigenvalue weighted by molar-refractivity contribution is -0.132. The zero-order chi connectivity index (χ0) is 16.3. The van der Waals surface area contributed by atoms with Crippen LogP contribution in [0.25, 0.3) is 0 Å². The molecular formula is C15H18N4O2S. The lowest BCUT2D eigenvalue weighted by Crippen LogP contribution is -2.29. The Bertz CT molecular complexity index is 690. The lowest BCUT2D eigenvalue weighted by atomic mass is 10.2. The second-order valence-corrected chi connectivity index (χ2v) is 6.22. The molecule has 1 aromatic carbocycles. The number of anilines is 3. The highest BCUT2D eigenvalue weighted by molar-refractivity contribution is 7.15. The monoisotopic (exact) mass is 318 g/mol. The minimum Gasteiger partial charge on any atom is -0.378 e. The van der Waals surface area contributed by atoms with Crippen LogP contribution in [0.4, 0.5) is 16.5 Å².